The third-order valence-electron chi connectivity index (χ3n) is 1.70. The summed E-state index contributed by atoms with van der Waals surface area (Å²) in [6.07, 6.45) is 0.698. The number of hydrogen-bond acceptors (Lipinski definition) is 3. The summed E-state index contributed by atoms with van der Waals surface area (Å²) in [6.45, 7) is 1.96. The minimum Gasteiger partial charge on any atom is -0.744 e. The van der Waals surface area contributed by atoms with Gasteiger partial charge in [0.15, 0.2) is 0 Å². The fourth-order valence-corrected chi connectivity index (χ4v) is 2.07. The van der Waals surface area contributed by atoms with Crippen molar-refractivity contribution in [3.05, 3.63) is 29.8 Å². The van der Waals surface area contributed by atoms with E-state index in [9.17, 15) is 13.0 Å². The van der Waals surface area contributed by atoms with E-state index in [4.69, 9.17) is 0 Å². The molecule has 0 bridgehead atoms. The molecule has 6 heteroatoms. The van der Waals surface area contributed by atoms with Crippen LogP contribution in [0.2, 0.25) is 0 Å². The summed E-state index contributed by atoms with van der Waals surface area (Å²) < 4.78 is 32.1. The van der Waals surface area contributed by atoms with E-state index in [2.05, 4.69) is 15.9 Å². The number of rotatable bonds is 3. The zero-order valence-electron chi connectivity index (χ0n) is 8.60. The predicted molar refractivity (Wildman–Crippen MR) is 56.5 cm³/mol. The van der Waals surface area contributed by atoms with Crippen LogP contribution in [0.4, 0.5) is 0 Å². The van der Waals surface area contributed by atoms with Gasteiger partial charge >= 0.3 is 29.6 Å². The monoisotopic (exact) mass is 300 g/mol. The molecule has 0 fully saturated rings. The van der Waals surface area contributed by atoms with E-state index < -0.39 is 10.1 Å². The van der Waals surface area contributed by atoms with Crippen LogP contribution in [0, 0.1) is 0 Å². The second-order valence-corrected chi connectivity index (χ2v) is 6.03. The Balaban J connectivity index is 0.00000196. The molecule has 0 aromatic heterocycles. The van der Waals surface area contributed by atoms with Crippen LogP contribution < -0.4 is 29.6 Å². The van der Waals surface area contributed by atoms with E-state index in [0.29, 0.717) is 6.42 Å². The van der Waals surface area contributed by atoms with Crippen molar-refractivity contribution in [2.45, 2.75) is 23.1 Å². The van der Waals surface area contributed by atoms with E-state index in [1.165, 1.54) is 12.1 Å². The minimum absolute atomic E-state index is 0. The average molecular weight is 301 g/mol. The molecule has 0 saturated carbocycles. The Morgan fingerprint density at radius 3 is 2.53 bits per heavy atom. The fraction of sp³-hybridized carbons (Fsp3) is 0.333. The quantitative estimate of drug-likeness (QED) is 0.405. The summed E-state index contributed by atoms with van der Waals surface area (Å²) in [5.74, 6) is 0. The molecule has 0 spiro atoms. The Kier molecular flexibility index (Phi) is 6.63. The second kappa shape index (κ2) is 6.37. The molecule has 15 heavy (non-hydrogen) atoms. The Labute approximate surface area is 120 Å². The van der Waals surface area contributed by atoms with Crippen molar-refractivity contribution in [3.63, 3.8) is 0 Å². The van der Waals surface area contributed by atoms with Gasteiger partial charge in [0.2, 0.25) is 0 Å². The van der Waals surface area contributed by atoms with Gasteiger partial charge in [-0.05, 0) is 24.1 Å². The molecule has 1 atom stereocenters. The van der Waals surface area contributed by atoms with Crippen molar-refractivity contribution < 1.29 is 42.5 Å². The Morgan fingerprint density at radius 1 is 1.47 bits per heavy atom. The van der Waals surface area contributed by atoms with Gasteiger partial charge in [0, 0.05) is 4.83 Å². The Hall–Kier alpha value is 0.610. The maximum atomic E-state index is 10.7. The van der Waals surface area contributed by atoms with Crippen molar-refractivity contribution in [1.82, 2.24) is 0 Å². The molecule has 1 rings (SSSR count). The molecule has 0 N–H and O–H groups in total. The fourth-order valence-electron chi connectivity index (χ4n) is 1.15. The molecule has 0 amide bonds. The first-order valence-corrected chi connectivity index (χ1v) is 6.41. The zero-order chi connectivity index (χ0) is 10.8. The third kappa shape index (κ3) is 5.47. The largest absolute Gasteiger partial charge is 1.00 e. The van der Waals surface area contributed by atoms with Crippen molar-refractivity contribution in [1.29, 1.82) is 0 Å². The molecule has 0 radical (unpaired) electrons. The van der Waals surface area contributed by atoms with Gasteiger partial charge in [-0.2, -0.15) is 0 Å². The Morgan fingerprint density at radius 2 is 2.07 bits per heavy atom. The molecule has 0 aliphatic carbocycles. The Bertz CT molecular complexity index is 417. The van der Waals surface area contributed by atoms with Crippen LogP contribution >= 0.6 is 15.9 Å². The SMILES string of the molecule is CC(Br)Cc1cccc(S(=O)(=O)[O-])c1.[Na+]. The normalized spacial score (nSPS) is 13.0. The number of hydrogen-bond donors (Lipinski definition) is 0. The van der Waals surface area contributed by atoms with E-state index in [1.807, 2.05) is 6.92 Å². The van der Waals surface area contributed by atoms with E-state index in [-0.39, 0.29) is 39.3 Å². The van der Waals surface area contributed by atoms with Crippen LogP contribution in [0.15, 0.2) is 29.2 Å². The number of halogens is 1. The average Bonchev–Trinajstić information content (AvgIpc) is 2.01. The molecule has 0 heterocycles. The van der Waals surface area contributed by atoms with E-state index in [1.54, 1.807) is 12.1 Å². The summed E-state index contributed by atoms with van der Waals surface area (Å²) in [7, 11) is -4.33. The molecular formula is C9H10BrNaO3S. The maximum absolute atomic E-state index is 10.7. The van der Waals surface area contributed by atoms with Crippen molar-refractivity contribution in [3.8, 4) is 0 Å². The van der Waals surface area contributed by atoms with Crippen LogP contribution in [-0.4, -0.2) is 17.8 Å². The molecule has 1 aromatic rings. The van der Waals surface area contributed by atoms with Gasteiger partial charge in [-0.3, -0.25) is 0 Å². The maximum Gasteiger partial charge on any atom is 1.00 e. The summed E-state index contributed by atoms with van der Waals surface area (Å²) in [5.41, 5.74) is 0.839. The first-order valence-electron chi connectivity index (χ1n) is 4.08. The summed E-state index contributed by atoms with van der Waals surface area (Å²) in [4.78, 5) is 0.0928. The first kappa shape index (κ1) is 15.6. The zero-order valence-corrected chi connectivity index (χ0v) is 13.0. The molecule has 1 aromatic carbocycles. The molecule has 0 saturated heterocycles. The van der Waals surface area contributed by atoms with Crippen molar-refractivity contribution in [2.75, 3.05) is 0 Å². The summed E-state index contributed by atoms with van der Waals surface area (Å²) in [6, 6.07) is 6.10. The van der Waals surface area contributed by atoms with Gasteiger partial charge in [-0.15, -0.1) is 0 Å². The smallest absolute Gasteiger partial charge is 0.744 e. The third-order valence-corrected chi connectivity index (χ3v) is 2.86. The second-order valence-electron chi connectivity index (χ2n) is 3.09. The van der Waals surface area contributed by atoms with Crippen LogP contribution in [0.1, 0.15) is 12.5 Å². The topological polar surface area (TPSA) is 57.2 Å². The minimum atomic E-state index is -4.33. The molecule has 78 valence electrons. The van der Waals surface area contributed by atoms with Gasteiger partial charge in [0.05, 0.1) is 4.90 Å². The molecule has 1 unspecified atom stereocenters. The molecule has 0 aliphatic rings. The standard InChI is InChI=1S/C9H11BrO3S.Na/c1-7(10)5-8-3-2-4-9(6-8)14(11,12)13;/h2-4,6-7H,5H2,1H3,(H,11,12,13);/q;+1/p-1. The van der Waals surface area contributed by atoms with Gasteiger partial charge < -0.3 is 4.55 Å². The van der Waals surface area contributed by atoms with Crippen LogP contribution in [0.25, 0.3) is 0 Å². The van der Waals surface area contributed by atoms with Crippen molar-refractivity contribution in [2.24, 2.45) is 0 Å². The van der Waals surface area contributed by atoms with Crippen LogP contribution in [0.5, 0.6) is 0 Å². The summed E-state index contributed by atoms with van der Waals surface area (Å²) >= 11 is 3.36. The van der Waals surface area contributed by atoms with Gasteiger partial charge in [-0.1, -0.05) is 35.0 Å². The van der Waals surface area contributed by atoms with Gasteiger partial charge in [-0.25, -0.2) is 8.42 Å². The molecule has 3 nitrogen and oxygen atoms in total. The summed E-state index contributed by atoms with van der Waals surface area (Å²) in [5, 5.41) is 0. The van der Waals surface area contributed by atoms with Crippen LogP contribution in [0.3, 0.4) is 0 Å². The van der Waals surface area contributed by atoms with Crippen molar-refractivity contribution >= 4 is 26.0 Å². The van der Waals surface area contributed by atoms with Gasteiger partial charge in [0.1, 0.15) is 10.1 Å². The predicted octanol–water partition coefficient (Wildman–Crippen LogP) is -1.08. The van der Waals surface area contributed by atoms with E-state index >= 15 is 0 Å². The first-order chi connectivity index (χ1) is 6.39. The molecular weight excluding hydrogens is 291 g/mol. The van der Waals surface area contributed by atoms with E-state index in [0.717, 1.165) is 5.56 Å². The van der Waals surface area contributed by atoms with Gasteiger partial charge in [0.25, 0.3) is 0 Å². The number of benzene rings is 1. The number of alkyl halides is 1. The van der Waals surface area contributed by atoms with Crippen LogP contribution in [-0.2, 0) is 16.5 Å². The molecule has 0 aliphatic heterocycles.